The number of carbonyl (C=O) groups is 1. The first-order valence-corrected chi connectivity index (χ1v) is 9.22. The quantitative estimate of drug-likeness (QED) is 0.658. The first-order valence-electron chi connectivity index (χ1n) is 6.41. The first-order chi connectivity index (χ1) is 10.0. The molecule has 2 rings (SSSR count). The third-order valence-electron chi connectivity index (χ3n) is 3.14. The van der Waals surface area contributed by atoms with Crippen LogP contribution in [0, 0.1) is 0 Å². The summed E-state index contributed by atoms with van der Waals surface area (Å²) in [4.78, 5) is 13.6. The molecule has 0 aliphatic rings. The molecule has 1 unspecified atom stereocenters. The third kappa shape index (κ3) is 4.34. The van der Waals surface area contributed by atoms with E-state index >= 15 is 0 Å². The summed E-state index contributed by atoms with van der Waals surface area (Å²) in [6.45, 7) is 1.98. The lowest BCUT2D eigenvalue weighted by Crippen LogP contribution is -2.26. The van der Waals surface area contributed by atoms with Gasteiger partial charge in [0, 0.05) is 13.8 Å². The molecule has 0 bridgehead atoms. The van der Waals surface area contributed by atoms with E-state index in [1.165, 1.54) is 4.90 Å². The number of hydrogen-bond donors (Lipinski definition) is 1. The van der Waals surface area contributed by atoms with E-state index in [1.54, 1.807) is 11.8 Å². The highest BCUT2D eigenvalue weighted by atomic mass is 79.9. The molecule has 2 nitrogen and oxygen atoms in total. The fourth-order valence-electron chi connectivity index (χ4n) is 1.92. The molecule has 2 aromatic carbocycles. The molecule has 0 aliphatic carbocycles. The molecule has 0 aromatic heterocycles. The lowest BCUT2D eigenvalue weighted by atomic mass is 10.1. The minimum Gasteiger partial charge on any atom is -0.345 e. The van der Waals surface area contributed by atoms with Gasteiger partial charge < -0.3 is 5.32 Å². The normalized spacial score (nSPS) is 12.0. The standard InChI is InChI=1S/C16H15Br2NOS/c1-10(11-3-6-13(21-2)7-4-11)19-16(20)14-9-12(17)5-8-15(14)18/h3-10H,1-2H3,(H,19,20). The summed E-state index contributed by atoms with van der Waals surface area (Å²) in [6.07, 6.45) is 2.05. The number of carbonyl (C=O) groups excluding carboxylic acids is 1. The average Bonchev–Trinajstić information content (AvgIpc) is 2.49. The zero-order valence-corrected chi connectivity index (χ0v) is 15.7. The molecule has 0 radical (unpaired) electrons. The van der Waals surface area contributed by atoms with Crippen molar-refractivity contribution in [3.05, 3.63) is 62.5 Å². The topological polar surface area (TPSA) is 29.1 Å². The molecule has 0 spiro atoms. The van der Waals surface area contributed by atoms with Crippen molar-refractivity contribution in [2.45, 2.75) is 17.9 Å². The van der Waals surface area contributed by atoms with Crippen molar-refractivity contribution in [3.8, 4) is 0 Å². The van der Waals surface area contributed by atoms with Crippen molar-refractivity contribution < 1.29 is 4.79 Å². The Morgan fingerprint density at radius 1 is 1.14 bits per heavy atom. The summed E-state index contributed by atoms with van der Waals surface area (Å²) in [6, 6.07) is 13.7. The summed E-state index contributed by atoms with van der Waals surface area (Å²) in [5, 5.41) is 3.02. The van der Waals surface area contributed by atoms with Crippen LogP contribution in [0.2, 0.25) is 0 Å². The Hall–Kier alpha value is -0.780. The van der Waals surface area contributed by atoms with E-state index in [4.69, 9.17) is 0 Å². The van der Waals surface area contributed by atoms with Gasteiger partial charge >= 0.3 is 0 Å². The fraction of sp³-hybridized carbons (Fsp3) is 0.188. The highest BCUT2D eigenvalue weighted by molar-refractivity contribution is 9.11. The second kappa shape index (κ2) is 7.47. The van der Waals surface area contributed by atoms with Crippen LogP contribution in [0.3, 0.4) is 0 Å². The smallest absolute Gasteiger partial charge is 0.252 e. The number of thioether (sulfide) groups is 1. The summed E-state index contributed by atoms with van der Waals surface area (Å²) >= 11 is 8.50. The molecule has 2 aromatic rings. The Morgan fingerprint density at radius 2 is 1.81 bits per heavy atom. The summed E-state index contributed by atoms with van der Waals surface area (Å²) in [5.41, 5.74) is 1.71. The van der Waals surface area contributed by atoms with Gasteiger partial charge in [0.05, 0.1) is 11.6 Å². The van der Waals surface area contributed by atoms with Crippen LogP contribution in [0.5, 0.6) is 0 Å². The van der Waals surface area contributed by atoms with E-state index in [9.17, 15) is 4.79 Å². The number of rotatable bonds is 4. The number of nitrogens with one attached hydrogen (secondary N) is 1. The monoisotopic (exact) mass is 427 g/mol. The van der Waals surface area contributed by atoms with Crippen molar-refractivity contribution in [1.29, 1.82) is 0 Å². The van der Waals surface area contributed by atoms with Crippen LogP contribution in [0.4, 0.5) is 0 Å². The number of hydrogen-bond acceptors (Lipinski definition) is 2. The van der Waals surface area contributed by atoms with Gasteiger partial charge in [-0.05, 0) is 65.0 Å². The molecule has 0 aliphatic heterocycles. The first kappa shape index (κ1) is 16.6. The van der Waals surface area contributed by atoms with Gasteiger partial charge in [0.25, 0.3) is 5.91 Å². The van der Waals surface area contributed by atoms with Crippen molar-refractivity contribution in [2.75, 3.05) is 6.26 Å². The second-order valence-electron chi connectivity index (χ2n) is 4.59. The minimum atomic E-state index is -0.0929. The van der Waals surface area contributed by atoms with Crippen LogP contribution in [0.25, 0.3) is 0 Å². The highest BCUT2D eigenvalue weighted by Gasteiger charge is 2.14. The molecular formula is C16H15Br2NOS. The lowest BCUT2D eigenvalue weighted by Gasteiger charge is -2.15. The van der Waals surface area contributed by atoms with Gasteiger partial charge in [0.15, 0.2) is 0 Å². The molecule has 0 saturated heterocycles. The Kier molecular flexibility index (Phi) is 5.90. The van der Waals surface area contributed by atoms with Crippen molar-refractivity contribution in [3.63, 3.8) is 0 Å². The molecule has 0 heterocycles. The van der Waals surface area contributed by atoms with Gasteiger partial charge in [0.2, 0.25) is 0 Å². The predicted octanol–water partition coefficient (Wildman–Crippen LogP) is 5.42. The van der Waals surface area contributed by atoms with Crippen LogP contribution < -0.4 is 5.32 Å². The van der Waals surface area contributed by atoms with E-state index < -0.39 is 0 Å². The summed E-state index contributed by atoms with van der Waals surface area (Å²) in [7, 11) is 0. The molecule has 1 amide bonds. The predicted molar refractivity (Wildman–Crippen MR) is 95.9 cm³/mol. The minimum absolute atomic E-state index is 0.0423. The molecule has 110 valence electrons. The molecule has 0 fully saturated rings. The van der Waals surface area contributed by atoms with E-state index in [2.05, 4.69) is 49.3 Å². The number of amides is 1. The maximum absolute atomic E-state index is 12.4. The SMILES string of the molecule is CSc1ccc(C(C)NC(=O)c2cc(Br)ccc2Br)cc1. The molecule has 1 atom stereocenters. The molecule has 21 heavy (non-hydrogen) atoms. The number of benzene rings is 2. The zero-order chi connectivity index (χ0) is 15.4. The summed E-state index contributed by atoms with van der Waals surface area (Å²) in [5.74, 6) is -0.0929. The van der Waals surface area contributed by atoms with Crippen LogP contribution in [-0.2, 0) is 0 Å². The Balaban J connectivity index is 2.12. The second-order valence-corrected chi connectivity index (χ2v) is 7.24. The zero-order valence-electron chi connectivity index (χ0n) is 11.7. The van der Waals surface area contributed by atoms with Crippen LogP contribution >= 0.6 is 43.6 Å². The number of halogens is 2. The molecular weight excluding hydrogens is 414 g/mol. The van der Waals surface area contributed by atoms with Crippen LogP contribution in [0.1, 0.15) is 28.9 Å². The molecule has 5 heteroatoms. The van der Waals surface area contributed by atoms with E-state index in [-0.39, 0.29) is 11.9 Å². The van der Waals surface area contributed by atoms with E-state index in [0.29, 0.717) is 5.56 Å². The van der Waals surface area contributed by atoms with Crippen molar-refractivity contribution in [2.24, 2.45) is 0 Å². The van der Waals surface area contributed by atoms with Gasteiger partial charge in [-0.25, -0.2) is 0 Å². The van der Waals surface area contributed by atoms with Crippen molar-refractivity contribution in [1.82, 2.24) is 5.32 Å². The maximum atomic E-state index is 12.4. The van der Waals surface area contributed by atoms with Gasteiger partial charge in [-0.2, -0.15) is 0 Å². The summed E-state index contributed by atoms with van der Waals surface area (Å²) < 4.78 is 1.67. The maximum Gasteiger partial charge on any atom is 0.252 e. The average molecular weight is 429 g/mol. The Labute approximate surface area is 146 Å². The van der Waals surface area contributed by atoms with Gasteiger partial charge in [0.1, 0.15) is 0 Å². The largest absolute Gasteiger partial charge is 0.345 e. The van der Waals surface area contributed by atoms with Crippen LogP contribution in [0.15, 0.2) is 56.3 Å². The van der Waals surface area contributed by atoms with Crippen molar-refractivity contribution >= 4 is 49.5 Å². The Morgan fingerprint density at radius 3 is 2.43 bits per heavy atom. The van der Waals surface area contributed by atoms with Gasteiger partial charge in [-0.1, -0.05) is 28.1 Å². The van der Waals surface area contributed by atoms with Crippen LogP contribution in [-0.4, -0.2) is 12.2 Å². The van der Waals surface area contributed by atoms with Gasteiger partial charge in [-0.3, -0.25) is 4.79 Å². The fourth-order valence-corrected chi connectivity index (χ4v) is 3.12. The van der Waals surface area contributed by atoms with E-state index in [1.807, 2.05) is 43.5 Å². The molecule has 0 saturated carbocycles. The Bertz CT molecular complexity index is 643. The van der Waals surface area contributed by atoms with Gasteiger partial charge in [-0.15, -0.1) is 11.8 Å². The van der Waals surface area contributed by atoms with E-state index in [0.717, 1.165) is 14.5 Å². The molecule has 1 N–H and O–H groups in total. The highest BCUT2D eigenvalue weighted by Crippen LogP contribution is 2.23. The third-order valence-corrected chi connectivity index (χ3v) is 5.06. The lowest BCUT2D eigenvalue weighted by molar-refractivity contribution is 0.0939.